The van der Waals surface area contributed by atoms with Gasteiger partial charge in [0.05, 0.1) is 13.7 Å². The van der Waals surface area contributed by atoms with Crippen molar-refractivity contribution in [3.8, 4) is 0 Å². The predicted molar refractivity (Wildman–Crippen MR) is 35.8 cm³/mol. The van der Waals surface area contributed by atoms with Crippen LogP contribution in [0, 0.1) is 0 Å². The zero-order valence-electron chi connectivity index (χ0n) is 5.52. The highest BCUT2D eigenvalue weighted by molar-refractivity contribution is 7.80. The van der Waals surface area contributed by atoms with Gasteiger partial charge in [0.15, 0.2) is 0 Å². The molecular formula is C4H10O5S. The lowest BCUT2D eigenvalue weighted by atomic mass is 10.7. The minimum atomic E-state index is -4.16. The standard InChI is InChI=1S/C3H6O.CH4O4S/c1-2-3-4;1-5-6(2,3)4/h2,4H,1,3H2;1H3,(H,2,3,4). The van der Waals surface area contributed by atoms with Crippen molar-refractivity contribution < 1.29 is 22.3 Å². The Morgan fingerprint density at radius 1 is 1.70 bits per heavy atom. The van der Waals surface area contributed by atoms with Crippen molar-refractivity contribution in [1.29, 1.82) is 0 Å². The van der Waals surface area contributed by atoms with E-state index in [1.165, 1.54) is 6.08 Å². The van der Waals surface area contributed by atoms with Crippen LogP contribution in [0.25, 0.3) is 0 Å². The third kappa shape index (κ3) is 25.6. The minimum absolute atomic E-state index is 0.0833. The monoisotopic (exact) mass is 170 g/mol. The second kappa shape index (κ2) is 6.69. The van der Waals surface area contributed by atoms with Gasteiger partial charge in [-0.25, -0.2) is 0 Å². The SMILES string of the molecule is C=CCO.COS(=O)(=O)O. The van der Waals surface area contributed by atoms with Crippen LogP contribution < -0.4 is 0 Å². The van der Waals surface area contributed by atoms with Gasteiger partial charge in [0.25, 0.3) is 0 Å². The van der Waals surface area contributed by atoms with Crippen molar-refractivity contribution in [1.82, 2.24) is 0 Å². The molecule has 0 aliphatic rings. The number of aliphatic hydroxyl groups is 1. The summed E-state index contributed by atoms with van der Waals surface area (Å²) in [6, 6.07) is 0. The first-order chi connectivity index (χ1) is 4.47. The molecule has 0 saturated carbocycles. The smallest absolute Gasteiger partial charge is 0.392 e. The molecular weight excluding hydrogens is 160 g/mol. The molecule has 0 spiro atoms. The molecule has 5 nitrogen and oxygen atoms in total. The minimum Gasteiger partial charge on any atom is -0.392 e. The van der Waals surface area contributed by atoms with Gasteiger partial charge < -0.3 is 5.11 Å². The van der Waals surface area contributed by atoms with Gasteiger partial charge in [-0.1, -0.05) is 6.08 Å². The Bertz CT molecular complexity index is 158. The van der Waals surface area contributed by atoms with E-state index in [4.69, 9.17) is 9.66 Å². The summed E-state index contributed by atoms with van der Waals surface area (Å²) in [7, 11) is -3.29. The van der Waals surface area contributed by atoms with Crippen LogP contribution in [0.1, 0.15) is 0 Å². The van der Waals surface area contributed by atoms with Gasteiger partial charge >= 0.3 is 10.4 Å². The van der Waals surface area contributed by atoms with Crippen LogP contribution in [0.15, 0.2) is 12.7 Å². The fraction of sp³-hybridized carbons (Fsp3) is 0.500. The Kier molecular flexibility index (Phi) is 8.20. The van der Waals surface area contributed by atoms with Crippen LogP contribution in [0.4, 0.5) is 0 Å². The van der Waals surface area contributed by atoms with E-state index in [9.17, 15) is 8.42 Å². The molecule has 0 amide bonds. The lowest BCUT2D eigenvalue weighted by molar-refractivity contribution is 0.324. The summed E-state index contributed by atoms with van der Waals surface area (Å²) in [4.78, 5) is 0. The summed E-state index contributed by atoms with van der Waals surface area (Å²) in [5, 5.41) is 7.76. The van der Waals surface area contributed by atoms with Crippen LogP contribution in [0.5, 0.6) is 0 Å². The highest BCUT2D eigenvalue weighted by Gasteiger charge is 1.93. The highest BCUT2D eigenvalue weighted by atomic mass is 32.3. The molecule has 2 N–H and O–H groups in total. The largest absolute Gasteiger partial charge is 0.397 e. The third-order valence-electron chi connectivity index (χ3n) is 0.340. The second-order valence-corrected chi connectivity index (χ2v) is 2.25. The van der Waals surface area contributed by atoms with Crippen molar-refractivity contribution in [2.75, 3.05) is 13.7 Å². The maximum Gasteiger partial charge on any atom is 0.397 e. The summed E-state index contributed by atoms with van der Waals surface area (Å²) in [6.07, 6.45) is 1.43. The summed E-state index contributed by atoms with van der Waals surface area (Å²) in [6.45, 7) is 3.31. The van der Waals surface area contributed by atoms with E-state index in [1.54, 1.807) is 0 Å². The molecule has 0 unspecified atom stereocenters. The van der Waals surface area contributed by atoms with E-state index in [1.807, 2.05) is 0 Å². The van der Waals surface area contributed by atoms with Crippen molar-refractivity contribution in [3.63, 3.8) is 0 Å². The molecule has 0 aliphatic heterocycles. The predicted octanol–water partition coefficient (Wildman–Crippen LogP) is -0.400. The highest BCUT2D eigenvalue weighted by Crippen LogP contribution is 1.74. The van der Waals surface area contributed by atoms with Crippen molar-refractivity contribution in [2.45, 2.75) is 0 Å². The molecule has 0 saturated heterocycles. The lowest BCUT2D eigenvalue weighted by Gasteiger charge is -1.82. The first kappa shape index (κ1) is 12.3. The third-order valence-corrected chi connectivity index (χ3v) is 0.761. The quantitative estimate of drug-likeness (QED) is 0.435. The lowest BCUT2D eigenvalue weighted by Crippen LogP contribution is -1.96. The Morgan fingerprint density at radius 2 is 1.90 bits per heavy atom. The van der Waals surface area contributed by atoms with Gasteiger partial charge in [-0.05, 0) is 0 Å². The molecule has 10 heavy (non-hydrogen) atoms. The van der Waals surface area contributed by atoms with Gasteiger partial charge in [0.1, 0.15) is 0 Å². The molecule has 0 rings (SSSR count). The van der Waals surface area contributed by atoms with Gasteiger partial charge in [-0.2, -0.15) is 8.42 Å². The van der Waals surface area contributed by atoms with Gasteiger partial charge in [-0.15, -0.1) is 6.58 Å². The van der Waals surface area contributed by atoms with E-state index in [0.29, 0.717) is 0 Å². The maximum atomic E-state index is 9.33. The molecule has 62 valence electrons. The van der Waals surface area contributed by atoms with Crippen LogP contribution in [0.2, 0.25) is 0 Å². The molecule has 0 aromatic heterocycles. The van der Waals surface area contributed by atoms with E-state index in [2.05, 4.69) is 10.8 Å². The van der Waals surface area contributed by atoms with E-state index < -0.39 is 10.4 Å². The molecule has 0 bridgehead atoms. The van der Waals surface area contributed by atoms with Crippen molar-refractivity contribution >= 4 is 10.4 Å². The van der Waals surface area contributed by atoms with Crippen LogP contribution in [-0.2, 0) is 14.6 Å². The number of rotatable bonds is 2. The molecule has 0 aromatic rings. The second-order valence-electron chi connectivity index (χ2n) is 1.07. The van der Waals surface area contributed by atoms with Crippen LogP contribution in [-0.4, -0.2) is 31.8 Å². The Morgan fingerprint density at radius 3 is 1.90 bits per heavy atom. The number of hydrogen-bond donors (Lipinski definition) is 2. The van der Waals surface area contributed by atoms with Crippen LogP contribution in [0.3, 0.4) is 0 Å². The zero-order chi connectivity index (χ0) is 8.62. The fourth-order valence-electron chi connectivity index (χ4n) is 0. The van der Waals surface area contributed by atoms with Gasteiger partial charge in [-0.3, -0.25) is 8.74 Å². The average Bonchev–Trinajstić information content (AvgIpc) is 1.87. The number of aliphatic hydroxyl groups excluding tert-OH is 1. The zero-order valence-corrected chi connectivity index (χ0v) is 6.34. The van der Waals surface area contributed by atoms with Gasteiger partial charge in [0, 0.05) is 0 Å². The Hall–Kier alpha value is -0.430. The first-order valence-electron chi connectivity index (χ1n) is 2.22. The average molecular weight is 170 g/mol. The Balaban J connectivity index is 0. The fourth-order valence-corrected chi connectivity index (χ4v) is 0. The molecule has 0 heterocycles. The summed E-state index contributed by atoms with van der Waals surface area (Å²) < 4.78 is 29.7. The number of hydrogen-bond acceptors (Lipinski definition) is 4. The molecule has 0 atom stereocenters. The molecule has 0 fully saturated rings. The molecule has 0 aromatic carbocycles. The summed E-state index contributed by atoms with van der Waals surface area (Å²) >= 11 is 0. The van der Waals surface area contributed by atoms with Crippen molar-refractivity contribution in [2.24, 2.45) is 0 Å². The van der Waals surface area contributed by atoms with E-state index in [0.717, 1.165) is 7.11 Å². The summed E-state index contributed by atoms with van der Waals surface area (Å²) in [5.41, 5.74) is 0. The maximum absolute atomic E-state index is 9.33. The Labute approximate surface area is 59.9 Å². The molecule has 0 aliphatic carbocycles. The molecule has 0 radical (unpaired) electrons. The summed E-state index contributed by atoms with van der Waals surface area (Å²) in [5.74, 6) is 0. The first-order valence-corrected chi connectivity index (χ1v) is 3.59. The topological polar surface area (TPSA) is 83.8 Å². The van der Waals surface area contributed by atoms with E-state index >= 15 is 0 Å². The molecule has 6 heteroatoms. The van der Waals surface area contributed by atoms with E-state index in [-0.39, 0.29) is 6.61 Å². The van der Waals surface area contributed by atoms with Crippen molar-refractivity contribution in [3.05, 3.63) is 12.7 Å². The van der Waals surface area contributed by atoms with Gasteiger partial charge in [0.2, 0.25) is 0 Å². The normalized spacial score (nSPS) is 9.50. The van der Waals surface area contributed by atoms with Crippen LogP contribution >= 0.6 is 0 Å².